The van der Waals surface area contributed by atoms with Crippen molar-refractivity contribution in [2.45, 2.75) is 24.9 Å². The molecule has 3 aromatic rings. The molecule has 0 radical (unpaired) electrons. The van der Waals surface area contributed by atoms with E-state index >= 15 is 0 Å². The van der Waals surface area contributed by atoms with Crippen molar-refractivity contribution in [3.05, 3.63) is 69.0 Å². The number of carboxylic acid groups (broad SMARTS) is 1. The van der Waals surface area contributed by atoms with E-state index in [1.54, 1.807) is 17.4 Å². The van der Waals surface area contributed by atoms with Gasteiger partial charge < -0.3 is 5.11 Å². The molecule has 0 bridgehead atoms. The van der Waals surface area contributed by atoms with E-state index in [1.165, 1.54) is 10.1 Å². The number of hydrogen-bond donors (Lipinski definition) is 1. The lowest BCUT2D eigenvalue weighted by Gasteiger charge is -2.31. The Hall–Kier alpha value is -1.59. The molecule has 2 atom stereocenters. The molecule has 134 valence electrons. The molecular weight excluding hydrogens is 389 g/mol. The van der Waals surface area contributed by atoms with E-state index < -0.39 is 12.0 Å². The maximum Gasteiger partial charge on any atom is 0.320 e. The number of thiophene rings is 1. The number of halogens is 2. The Morgan fingerprint density at radius 3 is 2.69 bits per heavy atom. The quantitative estimate of drug-likeness (QED) is 0.591. The first kappa shape index (κ1) is 17.8. The first-order valence-electron chi connectivity index (χ1n) is 8.46. The van der Waals surface area contributed by atoms with Gasteiger partial charge in [0, 0.05) is 16.1 Å². The Balaban J connectivity index is 1.85. The van der Waals surface area contributed by atoms with Crippen LogP contribution in [0.3, 0.4) is 0 Å². The first-order valence-corrected chi connectivity index (χ1v) is 10.0. The van der Waals surface area contributed by atoms with Gasteiger partial charge in [-0.3, -0.25) is 9.69 Å². The summed E-state index contributed by atoms with van der Waals surface area (Å²) in [6, 6.07) is 15.3. The molecule has 1 aliphatic rings. The Labute approximate surface area is 165 Å². The van der Waals surface area contributed by atoms with E-state index in [0.717, 1.165) is 23.4 Å². The zero-order chi connectivity index (χ0) is 18.3. The van der Waals surface area contributed by atoms with Gasteiger partial charge in [0.15, 0.2) is 0 Å². The average Bonchev–Trinajstić information content (AvgIpc) is 3.25. The van der Waals surface area contributed by atoms with Crippen molar-refractivity contribution in [2.24, 2.45) is 0 Å². The summed E-state index contributed by atoms with van der Waals surface area (Å²) >= 11 is 14.1. The Bertz CT molecular complexity index is 938. The number of aliphatic carboxylic acids is 1. The summed E-state index contributed by atoms with van der Waals surface area (Å²) in [6.07, 6.45) is 1.54. The van der Waals surface area contributed by atoms with Gasteiger partial charge in [0.25, 0.3) is 0 Å². The Morgan fingerprint density at radius 1 is 1.15 bits per heavy atom. The number of carboxylic acids is 1. The minimum atomic E-state index is -0.770. The topological polar surface area (TPSA) is 40.5 Å². The van der Waals surface area contributed by atoms with Crippen LogP contribution in [0.5, 0.6) is 0 Å². The van der Waals surface area contributed by atoms with E-state index in [1.807, 2.05) is 24.3 Å². The third-order valence-electron chi connectivity index (χ3n) is 4.88. The number of hydrogen-bond acceptors (Lipinski definition) is 3. The lowest BCUT2D eigenvalue weighted by Crippen LogP contribution is -2.39. The molecule has 1 aromatic heterocycles. The fourth-order valence-corrected chi connectivity index (χ4v) is 5.22. The normalized spacial score (nSPS) is 19.1. The van der Waals surface area contributed by atoms with Gasteiger partial charge in [-0.15, -0.1) is 11.3 Å². The highest BCUT2D eigenvalue weighted by molar-refractivity contribution is 7.19. The number of rotatable bonds is 4. The van der Waals surface area contributed by atoms with Crippen LogP contribution in [0.4, 0.5) is 0 Å². The van der Waals surface area contributed by atoms with Crippen LogP contribution >= 0.6 is 34.5 Å². The van der Waals surface area contributed by atoms with Gasteiger partial charge in [0.2, 0.25) is 0 Å². The molecule has 2 unspecified atom stereocenters. The van der Waals surface area contributed by atoms with Crippen LogP contribution in [0.15, 0.2) is 48.5 Å². The molecule has 2 aromatic carbocycles. The van der Waals surface area contributed by atoms with E-state index in [-0.39, 0.29) is 6.04 Å². The maximum atomic E-state index is 11.8. The first-order chi connectivity index (χ1) is 12.5. The number of benzene rings is 2. The van der Waals surface area contributed by atoms with Crippen LogP contribution in [0.1, 0.15) is 29.3 Å². The smallest absolute Gasteiger partial charge is 0.320 e. The predicted octanol–water partition coefficient (Wildman–Crippen LogP) is 5.85. The molecular formula is C20H17Cl2NO2S. The van der Waals surface area contributed by atoms with Crippen LogP contribution < -0.4 is 0 Å². The molecule has 1 aliphatic heterocycles. The van der Waals surface area contributed by atoms with Crippen LogP contribution in [0, 0.1) is 0 Å². The summed E-state index contributed by atoms with van der Waals surface area (Å²) in [5, 5.41) is 11.8. The largest absolute Gasteiger partial charge is 0.480 e. The molecule has 0 amide bonds. The van der Waals surface area contributed by atoms with Crippen LogP contribution in [0.2, 0.25) is 10.0 Å². The maximum absolute atomic E-state index is 11.8. The second-order valence-corrected chi connectivity index (χ2v) is 8.43. The molecule has 0 saturated carbocycles. The molecule has 0 spiro atoms. The third kappa shape index (κ3) is 3.23. The minimum absolute atomic E-state index is 0.147. The van der Waals surface area contributed by atoms with E-state index in [9.17, 15) is 9.90 Å². The Morgan fingerprint density at radius 2 is 1.96 bits per heavy atom. The van der Waals surface area contributed by atoms with E-state index in [4.69, 9.17) is 23.2 Å². The third-order valence-corrected chi connectivity index (χ3v) is 6.79. The molecule has 3 nitrogen and oxygen atoms in total. The van der Waals surface area contributed by atoms with Crippen molar-refractivity contribution in [3.8, 4) is 0 Å². The highest BCUT2D eigenvalue weighted by Crippen LogP contribution is 2.41. The van der Waals surface area contributed by atoms with Gasteiger partial charge in [-0.1, -0.05) is 47.5 Å². The van der Waals surface area contributed by atoms with Gasteiger partial charge in [0.05, 0.1) is 16.1 Å². The zero-order valence-electron chi connectivity index (χ0n) is 13.9. The van der Waals surface area contributed by atoms with Crippen molar-refractivity contribution in [1.29, 1.82) is 0 Å². The average molecular weight is 406 g/mol. The SMILES string of the molecule is O=C(O)C1CCCN1C(c1ccc(Cl)c(Cl)c1)c1cc2ccccc2s1. The van der Waals surface area contributed by atoms with Crippen molar-refractivity contribution in [2.75, 3.05) is 6.54 Å². The van der Waals surface area contributed by atoms with Crippen molar-refractivity contribution >= 4 is 50.6 Å². The number of carbonyl (C=O) groups is 1. The fraction of sp³-hybridized carbons (Fsp3) is 0.250. The summed E-state index contributed by atoms with van der Waals surface area (Å²) in [6.45, 7) is 0.746. The lowest BCUT2D eigenvalue weighted by atomic mass is 10.0. The predicted molar refractivity (Wildman–Crippen MR) is 107 cm³/mol. The zero-order valence-corrected chi connectivity index (χ0v) is 16.2. The molecule has 1 N–H and O–H groups in total. The van der Waals surface area contributed by atoms with Crippen LogP contribution in [-0.4, -0.2) is 28.6 Å². The summed E-state index contributed by atoms with van der Waals surface area (Å²) in [5.41, 5.74) is 0.971. The lowest BCUT2D eigenvalue weighted by molar-refractivity contribution is -0.142. The molecule has 6 heteroatoms. The molecule has 26 heavy (non-hydrogen) atoms. The van der Waals surface area contributed by atoms with Crippen molar-refractivity contribution in [3.63, 3.8) is 0 Å². The van der Waals surface area contributed by atoms with Crippen LogP contribution in [0.25, 0.3) is 10.1 Å². The van der Waals surface area contributed by atoms with E-state index in [2.05, 4.69) is 23.1 Å². The van der Waals surface area contributed by atoms with Crippen molar-refractivity contribution < 1.29 is 9.90 Å². The monoisotopic (exact) mass is 405 g/mol. The molecule has 2 heterocycles. The van der Waals surface area contributed by atoms with Gasteiger partial charge in [0.1, 0.15) is 6.04 Å². The fourth-order valence-electron chi connectivity index (χ4n) is 3.70. The number of nitrogens with zero attached hydrogens (tertiary/aromatic N) is 1. The number of likely N-dealkylation sites (tertiary alicyclic amines) is 1. The van der Waals surface area contributed by atoms with Gasteiger partial charge in [-0.25, -0.2) is 0 Å². The van der Waals surface area contributed by atoms with Crippen LogP contribution in [-0.2, 0) is 4.79 Å². The summed E-state index contributed by atoms with van der Waals surface area (Å²) in [4.78, 5) is 15.0. The highest BCUT2D eigenvalue weighted by atomic mass is 35.5. The van der Waals surface area contributed by atoms with Gasteiger partial charge in [-0.2, -0.15) is 0 Å². The second-order valence-electron chi connectivity index (χ2n) is 6.50. The second kappa shape index (κ2) is 7.20. The van der Waals surface area contributed by atoms with Gasteiger partial charge in [-0.05, 0) is 48.1 Å². The Kier molecular flexibility index (Phi) is 4.93. The molecule has 4 rings (SSSR count). The van der Waals surface area contributed by atoms with E-state index in [0.29, 0.717) is 16.5 Å². The van der Waals surface area contributed by atoms with Gasteiger partial charge >= 0.3 is 5.97 Å². The summed E-state index contributed by atoms with van der Waals surface area (Å²) < 4.78 is 1.19. The summed E-state index contributed by atoms with van der Waals surface area (Å²) in [7, 11) is 0. The minimum Gasteiger partial charge on any atom is -0.480 e. The number of fused-ring (bicyclic) bond motifs is 1. The summed E-state index contributed by atoms with van der Waals surface area (Å²) in [5.74, 6) is -0.770. The molecule has 1 fully saturated rings. The highest BCUT2D eigenvalue weighted by Gasteiger charge is 2.37. The molecule has 0 aliphatic carbocycles. The van der Waals surface area contributed by atoms with Crippen molar-refractivity contribution in [1.82, 2.24) is 4.90 Å². The standard InChI is InChI=1S/C20H17Cl2NO2S/c21-14-8-7-13(10-15(14)22)19(23-9-3-5-16(23)20(24)25)18-11-12-4-1-2-6-17(12)26-18/h1-2,4,6-8,10-11,16,19H,3,5,9H2,(H,24,25). The molecule has 1 saturated heterocycles.